The van der Waals surface area contributed by atoms with Crippen LogP contribution in [0.2, 0.25) is 0 Å². The van der Waals surface area contributed by atoms with Crippen molar-refractivity contribution in [2.45, 2.75) is 31.7 Å². The van der Waals surface area contributed by atoms with Gasteiger partial charge in [0, 0.05) is 5.75 Å². The molecule has 0 fully saturated rings. The Kier molecular flexibility index (Phi) is 6.49. The lowest BCUT2D eigenvalue weighted by Gasteiger charge is -2.12. The minimum absolute atomic E-state index is 0.0813. The van der Waals surface area contributed by atoms with E-state index in [9.17, 15) is 4.79 Å². The predicted octanol–water partition coefficient (Wildman–Crippen LogP) is 3.78. The van der Waals surface area contributed by atoms with Crippen LogP contribution in [0.5, 0.6) is 5.75 Å². The highest BCUT2D eigenvalue weighted by atomic mass is 32.2. The molecule has 0 aliphatic heterocycles. The monoisotopic (exact) mass is 383 g/mol. The molecule has 1 N–H and O–H groups in total. The molecule has 3 rings (SSSR count). The zero-order chi connectivity index (χ0) is 19.1. The van der Waals surface area contributed by atoms with Crippen LogP contribution in [0.15, 0.2) is 59.8 Å². The zero-order valence-corrected chi connectivity index (χ0v) is 15.9. The van der Waals surface area contributed by atoms with Gasteiger partial charge in [0.2, 0.25) is 0 Å². The number of carbonyl (C=O) groups is 1. The van der Waals surface area contributed by atoms with Crippen LogP contribution >= 0.6 is 11.8 Å². The maximum absolute atomic E-state index is 10.8. The lowest BCUT2D eigenvalue weighted by Crippen LogP contribution is -2.10. The zero-order valence-electron chi connectivity index (χ0n) is 15.0. The Hall–Kier alpha value is -2.80. The normalized spacial score (nSPS) is 10.7. The van der Waals surface area contributed by atoms with Crippen LogP contribution in [0, 0.1) is 6.92 Å². The molecule has 0 aliphatic rings. The number of aryl methyl sites for hydroxylation is 1. The van der Waals surface area contributed by atoms with Gasteiger partial charge in [-0.15, -0.1) is 10.2 Å². The smallest absolute Gasteiger partial charge is 0.304 e. The SMILES string of the molecule is Cc1ccccc1OCc1nnc(SCCC(=O)O)n1Cc1ccccc1. The van der Waals surface area contributed by atoms with Gasteiger partial charge in [-0.05, 0) is 24.1 Å². The van der Waals surface area contributed by atoms with Crippen LogP contribution in [0.25, 0.3) is 0 Å². The summed E-state index contributed by atoms with van der Waals surface area (Å²) in [6.45, 7) is 2.90. The number of carboxylic acid groups (broad SMARTS) is 1. The Labute approximate surface area is 162 Å². The third kappa shape index (κ3) is 5.34. The molecule has 140 valence electrons. The summed E-state index contributed by atoms with van der Waals surface area (Å²) in [6.07, 6.45) is 0.0813. The van der Waals surface area contributed by atoms with Crippen LogP contribution in [0.1, 0.15) is 23.4 Å². The van der Waals surface area contributed by atoms with E-state index in [0.29, 0.717) is 29.9 Å². The van der Waals surface area contributed by atoms with Crippen molar-refractivity contribution in [1.29, 1.82) is 0 Å². The molecule has 6 nitrogen and oxygen atoms in total. The molecule has 0 saturated carbocycles. The van der Waals surface area contributed by atoms with Gasteiger partial charge in [-0.1, -0.05) is 60.3 Å². The lowest BCUT2D eigenvalue weighted by molar-refractivity contribution is -0.136. The summed E-state index contributed by atoms with van der Waals surface area (Å²) < 4.78 is 7.92. The fourth-order valence-corrected chi connectivity index (χ4v) is 3.43. The van der Waals surface area contributed by atoms with E-state index in [4.69, 9.17) is 9.84 Å². The summed E-state index contributed by atoms with van der Waals surface area (Å²) in [6, 6.07) is 17.9. The number of aliphatic carboxylic acids is 1. The van der Waals surface area contributed by atoms with Gasteiger partial charge < -0.3 is 9.84 Å². The van der Waals surface area contributed by atoms with Crippen molar-refractivity contribution in [3.63, 3.8) is 0 Å². The summed E-state index contributed by atoms with van der Waals surface area (Å²) in [7, 11) is 0. The maximum Gasteiger partial charge on any atom is 0.304 e. The quantitative estimate of drug-likeness (QED) is 0.567. The second-order valence-corrected chi connectivity index (χ2v) is 7.08. The van der Waals surface area contributed by atoms with Gasteiger partial charge in [-0.3, -0.25) is 9.36 Å². The van der Waals surface area contributed by atoms with Crippen LogP contribution in [0.4, 0.5) is 0 Å². The van der Waals surface area contributed by atoms with E-state index in [1.807, 2.05) is 66.1 Å². The Balaban J connectivity index is 1.78. The van der Waals surface area contributed by atoms with Crippen molar-refractivity contribution in [2.75, 3.05) is 5.75 Å². The molecular weight excluding hydrogens is 362 g/mol. The lowest BCUT2D eigenvalue weighted by atomic mass is 10.2. The van der Waals surface area contributed by atoms with Gasteiger partial charge in [0.15, 0.2) is 11.0 Å². The van der Waals surface area contributed by atoms with Crippen LogP contribution < -0.4 is 4.74 Å². The molecule has 27 heavy (non-hydrogen) atoms. The first-order valence-corrected chi connectivity index (χ1v) is 9.61. The Bertz CT molecular complexity index is 896. The Morgan fingerprint density at radius 3 is 2.59 bits per heavy atom. The van der Waals surface area contributed by atoms with E-state index >= 15 is 0 Å². The number of aromatic nitrogens is 3. The van der Waals surface area contributed by atoms with E-state index in [-0.39, 0.29) is 6.42 Å². The molecule has 0 amide bonds. The summed E-state index contributed by atoms with van der Waals surface area (Å²) >= 11 is 1.39. The molecular formula is C20H21N3O3S. The molecule has 0 aliphatic carbocycles. The second kappa shape index (κ2) is 9.23. The molecule has 7 heteroatoms. The number of hydrogen-bond acceptors (Lipinski definition) is 5. The molecule has 0 radical (unpaired) electrons. The Morgan fingerprint density at radius 2 is 1.85 bits per heavy atom. The van der Waals surface area contributed by atoms with Gasteiger partial charge in [-0.25, -0.2) is 0 Å². The highest BCUT2D eigenvalue weighted by Gasteiger charge is 2.14. The van der Waals surface area contributed by atoms with Crippen LogP contribution in [-0.2, 0) is 17.9 Å². The number of benzene rings is 2. The number of para-hydroxylation sites is 1. The fourth-order valence-electron chi connectivity index (χ4n) is 2.55. The number of carboxylic acids is 1. The molecule has 0 unspecified atom stereocenters. The van der Waals surface area contributed by atoms with Crippen molar-refractivity contribution in [3.8, 4) is 5.75 Å². The summed E-state index contributed by atoms with van der Waals surface area (Å²) in [5.74, 6) is 1.15. The van der Waals surface area contributed by atoms with Crippen LogP contribution in [0.3, 0.4) is 0 Å². The van der Waals surface area contributed by atoms with Crippen molar-refractivity contribution < 1.29 is 14.6 Å². The molecule has 0 saturated heterocycles. The third-order valence-corrected chi connectivity index (χ3v) is 4.94. The number of rotatable bonds is 9. The Morgan fingerprint density at radius 1 is 1.11 bits per heavy atom. The topological polar surface area (TPSA) is 77.2 Å². The van der Waals surface area contributed by atoms with Crippen molar-refractivity contribution in [2.24, 2.45) is 0 Å². The van der Waals surface area contributed by atoms with E-state index in [2.05, 4.69) is 10.2 Å². The largest absolute Gasteiger partial charge is 0.485 e. The van der Waals surface area contributed by atoms with Gasteiger partial charge in [0.1, 0.15) is 12.4 Å². The first kappa shape index (κ1) is 19.0. The average Bonchev–Trinajstić information content (AvgIpc) is 3.03. The first-order chi connectivity index (χ1) is 13.1. The second-order valence-electron chi connectivity index (χ2n) is 6.02. The molecule has 1 aromatic heterocycles. The summed E-state index contributed by atoms with van der Waals surface area (Å²) in [4.78, 5) is 10.8. The van der Waals surface area contributed by atoms with Crippen LogP contribution in [-0.4, -0.2) is 31.6 Å². The standard InChI is InChI=1S/C20H21N3O3S/c1-15-7-5-6-10-17(15)26-14-18-21-22-20(27-12-11-19(24)25)23(18)13-16-8-3-2-4-9-16/h2-10H,11-14H2,1H3,(H,24,25). The molecule has 0 bridgehead atoms. The number of nitrogens with zero attached hydrogens (tertiary/aromatic N) is 3. The summed E-state index contributed by atoms with van der Waals surface area (Å²) in [5, 5.41) is 18.1. The van der Waals surface area contributed by atoms with Gasteiger partial charge in [0.25, 0.3) is 0 Å². The number of thioether (sulfide) groups is 1. The van der Waals surface area contributed by atoms with Crippen molar-refractivity contribution in [1.82, 2.24) is 14.8 Å². The summed E-state index contributed by atoms with van der Waals surface area (Å²) in [5.41, 5.74) is 2.18. The first-order valence-electron chi connectivity index (χ1n) is 8.62. The van der Waals surface area contributed by atoms with E-state index in [1.54, 1.807) is 0 Å². The van der Waals surface area contributed by atoms with Gasteiger partial charge >= 0.3 is 5.97 Å². The van der Waals surface area contributed by atoms with Gasteiger partial charge in [-0.2, -0.15) is 0 Å². The molecule has 1 heterocycles. The molecule has 0 atom stereocenters. The van der Waals surface area contributed by atoms with Crippen molar-refractivity contribution in [3.05, 3.63) is 71.5 Å². The average molecular weight is 383 g/mol. The number of hydrogen-bond donors (Lipinski definition) is 1. The van der Waals surface area contributed by atoms with E-state index in [1.165, 1.54) is 11.8 Å². The molecule has 3 aromatic rings. The highest BCUT2D eigenvalue weighted by Crippen LogP contribution is 2.22. The molecule has 0 spiro atoms. The minimum Gasteiger partial charge on any atom is -0.485 e. The van der Waals surface area contributed by atoms with Crippen molar-refractivity contribution >= 4 is 17.7 Å². The minimum atomic E-state index is -0.820. The maximum atomic E-state index is 10.8. The van der Waals surface area contributed by atoms with E-state index in [0.717, 1.165) is 16.9 Å². The fraction of sp³-hybridized carbons (Fsp3) is 0.250. The molecule has 2 aromatic carbocycles. The van der Waals surface area contributed by atoms with E-state index < -0.39 is 5.97 Å². The third-order valence-electron chi connectivity index (χ3n) is 3.97. The predicted molar refractivity (Wildman–Crippen MR) is 104 cm³/mol. The number of ether oxygens (including phenoxy) is 1. The van der Waals surface area contributed by atoms with Gasteiger partial charge in [0.05, 0.1) is 13.0 Å². The highest BCUT2D eigenvalue weighted by molar-refractivity contribution is 7.99.